The lowest BCUT2D eigenvalue weighted by Gasteiger charge is -2.09. The van der Waals surface area contributed by atoms with Crippen molar-refractivity contribution in [3.63, 3.8) is 0 Å². The van der Waals surface area contributed by atoms with E-state index in [2.05, 4.69) is 5.32 Å². The molecule has 0 radical (unpaired) electrons. The molecule has 0 aliphatic heterocycles. The number of hydrogen-bond acceptors (Lipinski definition) is 6. The van der Waals surface area contributed by atoms with Crippen LogP contribution in [0.2, 0.25) is 0 Å². The van der Waals surface area contributed by atoms with Crippen LogP contribution < -0.4 is 10.9 Å². The van der Waals surface area contributed by atoms with Crippen LogP contribution in [0.5, 0.6) is 0 Å². The van der Waals surface area contributed by atoms with Crippen LogP contribution in [0.1, 0.15) is 24.2 Å². The SMILES string of the molecule is CC(C)OC(=O)c1ccc(NC(=O)Cn2cc([N+](=O)[O-])ccc2=O)cc1. The van der Waals surface area contributed by atoms with Crippen LogP contribution in [0.25, 0.3) is 0 Å². The maximum atomic E-state index is 12.0. The molecule has 1 N–H and O–H groups in total. The van der Waals surface area contributed by atoms with E-state index in [0.29, 0.717) is 11.3 Å². The minimum atomic E-state index is -0.650. The summed E-state index contributed by atoms with van der Waals surface area (Å²) in [6.45, 7) is 3.10. The molecule has 1 heterocycles. The van der Waals surface area contributed by atoms with Crippen LogP contribution in [-0.4, -0.2) is 27.5 Å². The van der Waals surface area contributed by atoms with Gasteiger partial charge in [-0.3, -0.25) is 24.3 Å². The van der Waals surface area contributed by atoms with E-state index in [1.165, 1.54) is 24.3 Å². The number of ether oxygens (including phenoxy) is 1. The van der Waals surface area contributed by atoms with E-state index >= 15 is 0 Å². The van der Waals surface area contributed by atoms with Crippen molar-refractivity contribution in [2.45, 2.75) is 26.5 Å². The number of carbonyl (C=O) groups excluding carboxylic acids is 2. The highest BCUT2D eigenvalue weighted by Crippen LogP contribution is 2.12. The van der Waals surface area contributed by atoms with Crippen molar-refractivity contribution in [1.29, 1.82) is 0 Å². The van der Waals surface area contributed by atoms with Gasteiger partial charge in [0.15, 0.2) is 0 Å². The summed E-state index contributed by atoms with van der Waals surface area (Å²) in [5.74, 6) is -1.01. The van der Waals surface area contributed by atoms with Crippen molar-refractivity contribution >= 4 is 23.3 Å². The van der Waals surface area contributed by atoms with Crippen molar-refractivity contribution in [2.75, 3.05) is 5.32 Å². The molecule has 0 aliphatic rings. The first-order valence-electron chi connectivity index (χ1n) is 7.72. The number of benzene rings is 1. The summed E-state index contributed by atoms with van der Waals surface area (Å²) < 4.78 is 6.01. The first kappa shape index (κ1) is 18.8. The predicted octanol–water partition coefficient (Wildman–Crippen LogP) is 1.96. The number of esters is 1. The molecule has 0 bridgehead atoms. The van der Waals surface area contributed by atoms with Crippen LogP contribution in [0.15, 0.2) is 47.4 Å². The van der Waals surface area contributed by atoms with Crippen LogP contribution in [-0.2, 0) is 16.1 Å². The summed E-state index contributed by atoms with van der Waals surface area (Å²) in [6.07, 6.45) is 0.766. The standard InChI is InChI=1S/C17H17N3O6/c1-11(2)26-17(23)12-3-5-13(6-4-12)18-15(21)10-19-9-14(20(24)25)7-8-16(19)22/h3-9,11H,10H2,1-2H3,(H,18,21). The van der Waals surface area contributed by atoms with Crippen molar-refractivity contribution in [3.05, 3.63) is 68.6 Å². The number of amides is 1. The second-order valence-electron chi connectivity index (χ2n) is 5.69. The Morgan fingerprint density at radius 2 is 1.85 bits per heavy atom. The Kier molecular flexibility index (Phi) is 5.84. The second kappa shape index (κ2) is 8.06. The molecule has 136 valence electrons. The number of anilines is 1. The number of aromatic nitrogens is 1. The monoisotopic (exact) mass is 359 g/mol. The molecule has 2 rings (SSSR count). The zero-order valence-corrected chi connectivity index (χ0v) is 14.2. The molecule has 0 atom stereocenters. The van der Waals surface area contributed by atoms with E-state index in [-0.39, 0.29) is 18.3 Å². The Morgan fingerprint density at radius 3 is 2.42 bits per heavy atom. The fourth-order valence-electron chi connectivity index (χ4n) is 2.08. The molecule has 1 aromatic carbocycles. The normalized spacial score (nSPS) is 10.4. The number of nitrogens with one attached hydrogen (secondary N) is 1. The van der Waals surface area contributed by atoms with Crippen LogP contribution in [0.3, 0.4) is 0 Å². The molecule has 0 aliphatic carbocycles. The minimum Gasteiger partial charge on any atom is -0.459 e. The fraction of sp³-hybridized carbons (Fsp3) is 0.235. The van der Waals surface area contributed by atoms with Crippen molar-refractivity contribution < 1.29 is 19.2 Å². The first-order valence-corrected chi connectivity index (χ1v) is 7.72. The van der Waals surface area contributed by atoms with E-state index in [1.54, 1.807) is 13.8 Å². The molecule has 9 nitrogen and oxygen atoms in total. The van der Waals surface area contributed by atoms with E-state index < -0.39 is 22.4 Å². The van der Waals surface area contributed by atoms with Gasteiger partial charge in [0.05, 0.1) is 22.8 Å². The summed E-state index contributed by atoms with van der Waals surface area (Å²) in [7, 11) is 0. The molecule has 0 fully saturated rings. The van der Waals surface area contributed by atoms with Gasteiger partial charge in [-0.05, 0) is 38.1 Å². The Bertz CT molecular complexity index is 886. The highest BCUT2D eigenvalue weighted by Gasteiger charge is 2.12. The molecule has 0 unspecified atom stereocenters. The van der Waals surface area contributed by atoms with Crippen LogP contribution in [0, 0.1) is 10.1 Å². The molecule has 1 aromatic heterocycles. The summed E-state index contributed by atoms with van der Waals surface area (Å²) in [4.78, 5) is 45.6. The molecular weight excluding hydrogens is 342 g/mol. The summed E-state index contributed by atoms with van der Waals surface area (Å²) in [5.41, 5.74) is -0.0656. The van der Waals surface area contributed by atoms with Gasteiger partial charge in [0.1, 0.15) is 6.54 Å². The zero-order valence-electron chi connectivity index (χ0n) is 14.2. The lowest BCUT2D eigenvalue weighted by atomic mass is 10.2. The summed E-state index contributed by atoms with van der Waals surface area (Å²) in [5, 5.41) is 13.3. The maximum Gasteiger partial charge on any atom is 0.338 e. The Labute approximate surface area is 148 Å². The van der Waals surface area contributed by atoms with Crippen LogP contribution in [0.4, 0.5) is 11.4 Å². The van der Waals surface area contributed by atoms with Gasteiger partial charge in [0, 0.05) is 17.8 Å². The third-order valence-corrected chi connectivity index (χ3v) is 3.24. The Morgan fingerprint density at radius 1 is 1.19 bits per heavy atom. The Balaban J connectivity index is 2.04. The molecule has 26 heavy (non-hydrogen) atoms. The van der Waals surface area contributed by atoms with Gasteiger partial charge in [-0.1, -0.05) is 0 Å². The molecule has 1 amide bonds. The van der Waals surface area contributed by atoms with Gasteiger partial charge in [-0.15, -0.1) is 0 Å². The van der Waals surface area contributed by atoms with Gasteiger partial charge >= 0.3 is 5.97 Å². The predicted molar refractivity (Wildman–Crippen MR) is 93.0 cm³/mol. The van der Waals surface area contributed by atoms with Gasteiger partial charge in [-0.2, -0.15) is 0 Å². The Hall–Kier alpha value is -3.49. The van der Waals surface area contributed by atoms with Crippen molar-refractivity contribution in [1.82, 2.24) is 4.57 Å². The molecule has 2 aromatic rings. The van der Waals surface area contributed by atoms with Gasteiger partial charge in [-0.25, -0.2) is 4.79 Å². The molecule has 0 saturated carbocycles. The number of rotatable bonds is 6. The third-order valence-electron chi connectivity index (χ3n) is 3.24. The molecule has 0 spiro atoms. The number of nitro groups is 1. The maximum absolute atomic E-state index is 12.0. The van der Waals surface area contributed by atoms with E-state index in [9.17, 15) is 24.5 Å². The van der Waals surface area contributed by atoms with Gasteiger partial charge in [0.25, 0.3) is 11.2 Å². The smallest absolute Gasteiger partial charge is 0.338 e. The van der Waals surface area contributed by atoms with Crippen molar-refractivity contribution in [3.8, 4) is 0 Å². The quantitative estimate of drug-likeness (QED) is 0.478. The number of carbonyl (C=O) groups is 2. The molecule has 0 saturated heterocycles. The topological polar surface area (TPSA) is 121 Å². The zero-order chi connectivity index (χ0) is 19.3. The van der Waals surface area contributed by atoms with Gasteiger partial charge in [0.2, 0.25) is 5.91 Å². The molecular formula is C17H17N3O6. The average molecular weight is 359 g/mol. The van der Waals surface area contributed by atoms with E-state index in [1.807, 2.05) is 0 Å². The number of nitrogens with zero attached hydrogens (tertiary/aromatic N) is 2. The summed E-state index contributed by atoms with van der Waals surface area (Å²) in [6, 6.07) is 8.14. The highest BCUT2D eigenvalue weighted by molar-refractivity contribution is 5.93. The van der Waals surface area contributed by atoms with Crippen molar-refractivity contribution in [2.24, 2.45) is 0 Å². The third kappa shape index (κ3) is 5.00. The van der Waals surface area contributed by atoms with E-state index in [4.69, 9.17) is 4.74 Å². The lowest BCUT2D eigenvalue weighted by molar-refractivity contribution is -0.385. The summed E-state index contributed by atoms with van der Waals surface area (Å²) >= 11 is 0. The molecule has 9 heteroatoms. The minimum absolute atomic E-state index is 0.241. The highest BCUT2D eigenvalue weighted by atomic mass is 16.6. The second-order valence-corrected chi connectivity index (χ2v) is 5.69. The average Bonchev–Trinajstić information content (AvgIpc) is 2.56. The number of hydrogen-bond donors (Lipinski definition) is 1. The van der Waals surface area contributed by atoms with E-state index in [0.717, 1.165) is 22.9 Å². The first-order chi connectivity index (χ1) is 12.3. The number of pyridine rings is 1. The fourth-order valence-corrected chi connectivity index (χ4v) is 2.08. The van der Waals surface area contributed by atoms with Crippen LogP contribution >= 0.6 is 0 Å². The largest absolute Gasteiger partial charge is 0.459 e. The lowest BCUT2D eigenvalue weighted by Crippen LogP contribution is -2.27. The van der Waals surface area contributed by atoms with Gasteiger partial charge < -0.3 is 10.1 Å².